The van der Waals surface area contributed by atoms with Gasteiger partial charge in [0.05, 0.1) is 11.9 Å². The zero-order valence-electron chi connectivity index (χ0n) is 16.5. The summed E-state index contributed by atoms with van der Waals surface area (Å²) in [7, 11) is -2.24. The van der Waals surface area contributed by atoms with E-state index in [1.807, 2.05) is 0 Å². The number of carbonyl (C=O) groups excluding carboxylic acids is 2. The zero-order chi connectivity index (χ0) is 21.6. The van der Waals surface area contributed by atoms with E-state index in [4.69, 9.17) is 11.6 Å². The predicted molar refractivity (Wildman–Crippen MR) is 114 cm³/mol. The Hall–Kier alpha value is -2.58. The molecule has 2 aromatic rings. The second-order valence-electron chi connectivity index (χ2n) is 6.51. The molecule has 2 rings (SSSR count). The van der Waals surface area contributed by atoms with E-state index in [0.717, 1.165) is 10.6 Å². The number of carbonyl (C=O) groups is 2. The van der Waals surface area contributed by atoms with Crippen LogP contribution in [0.4, 0.5) is 5.69 Å². The quantitative estimate of drug-likeness (QED) is 0.686. The van der Waals surface area contributed by atoms with Crippen LogP contribution in [0.15, 0.2) is 54.6 Å². The van der Waals surface area contributed by atoms with Crippen molar-refractivity contribution < 1.29 is 18.0 Å². The van der Waals surface area contributed by atoms with E-state index in [-0.39, 0.29) is 12.5 Å². The Balaban J connectivity index is 2.37. The minimum atomic E-state index is -3.72. The van der Waals surface area contributed by atoms with E-state index < -0.39 is 28.5 Å². The molecule has 1 atom stereocenters. The number of halogens is 1. The van der Waals surface area contributed by atoms with Gasteiger partial charge in [-0.3, -0.25) is 13.9 Å². The molecule has 9 heteroatoms. The molecular weight excluding hydrogens is 414 g/mol. The standard InChI is InChI=1S/C20H24ClN3O4S/c1-15(20(26)22-2)23(13-16-9-7-8-12-18(16)21)19(25)14-24(29(3,27)28)17-10-5-4-6-11-17/h4-12,15H,13-14H2,1-3H3,(H,22,26). The number of rotatable bonds is 8. The number of sulfonamides is 1. The Kier molecular flexibility index (Phi) is 7.64. The van der Waals surface area contributed by atoms with Crippen LogP contribution in [0.1, 0.15) is 12.5 Å². The summed E-state index contributed by atoms with van der Waals surface area (Å²) in [5.74, 6) is -0.883. The fourth-order valence-electron chi connectivity index (χ4n) is 2.81. The maximum atomic E-state index is 13.1. The summed E-state index contributed by atoms with van der Waals surface area (Å²) >= 11 is 6.22. The highest BCUT2D eigenvalue weighted by molar-refractivity contribution is 7.92. The summed E-state index contributed by atoms with van der Waals surface area (Å²) in [6, 6.07) is 14.5. The van der Waals surface area contributed by atoms with Crippen LogP contribution in [0.2, 0.25) is 5.02 Å². The molecule has 156 valence electrons. The molecule has 0 spiro atoms. The van der Waals surface area contributed by atoms with Crippen molar-refractivity contribution in [1.29, 1.82) is 0 Å². The molecule has 2 amide bonds. The minimum Gasteiger partial charge on any atom is -0.357 e. The Morgan fingerprint density at radius 2 is 1.66 bits per heavy atom. The normalized spacial score (nSPS) is 12.1. The number of nitrogens with one attached hydrogen (secondary N) is 1. The third-order valence-electron chi connectivity index (χ3n) is 4.44. The molecule has 0 aliphatic rings. The van der Waals surface area contributed by atoms with Crippen molar-refractivity contribution in [2.24, 2.45) is 0 Å². The lowest BCUT2D eigenvalue weighted by Gasteiger charge is -2.31. The van der Waals surface area contributed by atoms with Crippen LogP contribution in [-0.4, -0.2) is 51.0 Å². The lowest BCUT2D eigenvalue weighted by Crippen LogP contribution is -2.50. The van der Waals surface area contributed by atoms with Crippen LogP contribution in [-0.2, 0) is 26.2 Å². The molecule has 0 heterocycles. The predicted octanol–water partition coefficient (Wildman–Crippen LogP) is 2.27. The zero-order valence-corrected chi connectivity index (χ0v) is 18.1. The molecule has 7 nitrogen and oxygen atoms in total. The van der Waals surface area contributed by atoms with Gasteiger partial charge in [-0.25, -0.2) is 8.42 Å². The second kappa shape index (κ2) is 9.76. The van der Waals surface area contributed by atoms with Gasteiger partial charge in [0.1, 0.15) is 12.6 Å². The lowest BCUT2D eigenvalue weighted by molar-refractivity contribution is -0.139. The second-order valence-corrected chi connectivity index (χ2v) is 8.82. The van der Waals surface area contributed by atoms with E-state index in [1.54, 1.807) is 61.5 Å². The van der Waals surface area contributed by atoms with Crippen LogP contribution in [0.25, 0.3) is 0 Å². The first kappa shape index (κ1) is 22.7. The topological polar surface area (TPSA) is 86.8 Å². The molecule has 0 saturated heterocycles. The SMILES string of the molecule is CNC(=O)C(C)N(Cc1ccccc1Cl)C(=O)CN(c1ccccc1)S(C)(=O)=O. The van der Waals surface area contributed by atoms with Crippen molar-refractivity contribution in [2.75, 3.05) is 24.2 Å². The summed E-state index contributed by atoms with van der Waals surface area (Å²) in [4.78, 5) is 26.7. The van der Waals surface area contributed by atoms with Crippen LogP contribution in [0.3, 0.4) is 0 Å². The fraction of sp³-hybridized carbons (Fsp3) is 0.300. The monoisotopic (exact) mass is 437 g/mol. The first-order valence-electron chi connectivity index (χ1n) is 8.92. The largest absolute Gasteiger partial charge is 0.357 e. The van der Waals surface area contributed by atoms with Crippen molar-refractivity contribution in [3.63, 3.8) is 0 Å². The number of hydrogen-bond donors (Lipinski definition) is 1. The lowest BCUT2D eigenvalue weighted by atomic mass is 10.1. The van der Waals surface area contributed by atoms with Crippen LogP contribution in [0.5, 0.6) is 0 Å². The molecule has 0 radical (unpaired) electrons. The summed E-state index contributed by atoms with van der Waals surface area (Å²) < 4.78 is 25.7. The molecule has 1 N–H and O–H groups in total. The van der Waals surface area contributed by atoms with Crippen LogP contribution >= 0.6 is 11.6 Å². The van der Waals surface area contributed by atoms with E-state index in [9.17, 15) is 18.0 Å². The van der Waals surface area contributed by atoms with Gasteiger partial charge >= 0.3 is 0 Å². The smallest absolute Gasteiger partial charge is 0.244 e. The summed E-state index contributed by atoms with van der Waals surface area (Å²) in [5.41, 5.74) is 1.03. The van der Waals surface area contributed by atoms with Crippen molar-refractivity contribution in [1.82, 2.24) is 10.2 Å². The number of anilines is 1. The van der Waals surface area contributed by atoms with Gasteiger partial charge in [0.25, 0.3) is 0 Å². The number of nitrogens with zero attached hydrogens (tertiary/aromatic N) is 2. The van der Waals surface area contributed by atoms with Gasteiger partial charge in [-0.05, 0) is 30.7 Å². The van der Waals surface area contributed by atoms with Gasteiger partial charge in [0.2, 0.25) is 21.8 Å². The van der Waals surface area contributed by atoms with Crippen LogP contribution < -0.4 is 9.62 Å². The Bertz CT molecular complexity index is 967. The first-order valence-corrected chi connectivity index (χ1v) is 11.1. The molecule has 0 aromatic heterocycles. The van der Waals surface area contributed by atoms with Gasteiger partial charge in [0.15, 0.2) is 0 Å². The highest BCUT2D eigenvalue weighted by Crippen LogP contribution is 2.21. The minimum absolute atomic E-state index is 0.0689. The molecule has 0 bridgehead atoms. The third kappa shape index (κ3) is 5.95. The van der Waals surface area contributed by atoms with Crippen molar-refractivity contribution in [3.05, 3.63) is 65.2 Å². The Morgan fingerprint density at radius 1 is 1.07 bits per heavy atom. The molecule has 0 fully saturated rings. The van der Waals surface area contributed by atoms with E-state index in [2.05, 4.69) is 5.32 Å². The average Bonchev–Trinajstić information content (AvgIpc) is 2.69. The number of likely N-dealkylation sites (N-methyl/N-ethyl adjacent to an activating group) is 1. The van der Waals surface area contributed by atoms with Gasteiger partial charge in [-0.1, -0.05) is 48.0 Å². The molecule has 0 saturated carbocycles. The summed E-state index contributed by atoms with van der Waals surface area (Å²) in [6.45, 7) is 1.22. The molecule has 0 aliphatic heterocycles. The number of benzene rings is 2. The number of para-hydroxylation sites is 1. The van der Waals surface area contributed by atoms with Crippen molar-refractivity contribution >= 4 is 39.1 Å². The molecule has 29 heavy (non-hydrogen) atoms. The fourth-order valence-corrected chi connectivity index (χ4v) is 3.85. The molecule has 0 aliphatic carbocycles. The van der Waals surface area contributed by atoms with Crippen LogP contribution in [0, 0.1) is 0 Å². The van der Waals surface area contributed by atoms with E-state index in [1.165, 1.54) is 11.9 Å². The Morgan fingerprint density at radius 3 is 2.21 bits per heavy atom. The number of hydrogen-bond acceptors (Lipinski definition) is 4. The molecule has 1 unspecified atom stereocenters. The highest BCUT2D eigenvalue weighted by Gasteiger charge is 2.29. The van der Waals surface area contributed by atoms with E-state index in [0.29, 0.717) is 16.3 Å². The van der Waals surface area contributed by atoms with Gasteiger partial charge in [-0.15, -0.1) is 0 Å². The van der Waals surface area contributed by atoms with Gasteiger partial charge < -0.3 is 10.2 Å². The van der Waals surface area contributed by atoms with Gasteiger partial charge in [-0.2, -0.15) is 0 Å². The maximum absolute atomic E-state index is 13.1. The number of amides is 2. The summed E-state index contributed by atoms with van der Waals surface area (Å²) in [5, 5.41) is 2.97. The molecule has 2 aromatic carbocycles. The summed E-state index contributed by atoms with van der Waals surface area (Å²) in [6.07, 6.45) is 1.04. The highest BCUT2D eigenvalue weighted by atomic mass is 35.5. The molecular formula is C20H24ClN3O4S. The average molecular weight is 438 g/mol. The first-order chi connectivity index (χ1) is 13.6. The third-order valence-corrected chi connectivity index (χ3v) is 5.94. The maximum Gasteiger partial charge on any atom is 0.244 e. The Labute approximate surface area is 176 Å². The van der Waals surface area contributed by atoms with Crippen molar-refractivity contribution in [2.45, 2.75) is 19.5 Å². The van der Waals surface area contributed by atoms with Crippen molar-refractivity contribution in [3.8, 4) is 0 Å². The van der Waals surface area contributed by atoms with Gasteiger partial charge in [0, 0.05) is 18.6 Å². The van der Waals surface area contributed by atoms with E-state index >= 15 is 0 Å².